The van der Waals surface area contributed by atoms with Crippen molar-refractivity contribution in [1.29, 1.82) is 0 Å². The van der Waals surface area contributed by atoms with Crippen molar-refractivity contribution in [2.45, 2.75) is 174 Å². The Hall–Kier alpha value is -3.47. The van der Waals surface area contributed by atoms with Gasteiger partial charge in [0.1, 0.15) is 0 Å². The highest BCUT2D eigenvalue weighted by molar-refractivity contribution is 5.76. The highest BCUT2D eigenvalue weighted by Crippen LogP contribution is 2.09. The van der Waals surface area contributed by atoms with Gasteiger partial charge in [-0.05, 0) is 103 Å². The molecule has 1 amide bonds. The van der Waals surface area contributed by atoms with Crippen LogP contribution in [0.3, 0.4) is 0 Å². The number of nitrogens with one attached hydrogen (secondary N) is 1. The second kappa shape index (κ2) is 44.9. The van der Waals surface area contributed by atoms with Crippen molar-refractivity contribution >= 4 is 5.91 Å². The fourth-order valence-corrected chi connectivity index (χ4v) is 5.54. The molecule has 55 heavy (non-hydrogen) atoms. The normalized spacial score (nSPS) is 14.3. The molecule has 0 aliphatic heterocycles. The Morgan fingerprint density at radius 2 is 0.818 bits per heavy atom. The third-order valence-electron chi connectivity index (χ3n) is 8.87. The molecule has 2 unspecified atom stereocenters. The first-order valence-corrected chi connectivity index (χ1v) is 21.9. The SMILES string of the molecule is CC/C=C\C/C=C\C/C=C\C/C=C\C/C=C\C/C=C\C/C=C\C/C=C\C/C=C\CCCCCCCC(=O)NC(CO)C(O)/C=C/CC/C=C/CCCCCC. The third kappa shape index (κ3) is 41.5. The largest absolute Gasteiger partial charge is 0.394 e. The van der Waals surface area contributed by atoms with E-state index in [1.807, 2.05) is 6.08 Å². The van der Waals surface area contributed by atoms with Gasteiger partial charge in [0.15, 0.2) is 0 Å². The molecular formula is C51H81NO3. The standard InChI is InChI=1S/C51H81NO3/c1-3-5-7-9-11-13-15-16-17-18-19-20-21-22-23-24-25-26-27-28-29-30-31-32-33-34-35-36-37-39-41-43-45-47-51(55)52-49(48-53)50(54)46-44-42-40-38-14-12-10-8-6-4-2/h5,7,11,13-14,16-17,19-20,22-23,25-26,28-29,31-32,34-35,38,44,46,49-50,53-54H,3-4,6,8-10,12,15,18,21,24,27,30,33,36-37,39-43,45,47-48H2,1-2H3,(H,52,55)/b7-5-,13-11-,17-16-,20-19-,23-22-,26-25-,29-28-,32-31-,35-34-,38-14+,46-44+. The summed E-state index contributed by atoms with van der Waals surface area (Å²) in [5.41, 5.74) is 0. The Kier molecular flexibility index (Phi) is 42.1. The molecule has 0 aliphatic rings. The lowest BCUT2D eigenvalue weighted by molar-refractivity contribution is -0.123. The minimum atomic E-state index is -0.878. The van der Waals surface area contributed by atoms with Crippen LogP contribution in [0, 0.1) is 0 Å². The van der Waals surface area contributed by atoms with Crippen molar-refractivity contribution < 1.29 is 15.0 Å². The number of unbranched alkanes of at least 4 members (excludes halogenated alkanes) is 10. The first kappa shape index (κ1) is 51.5. The number of hydrogen-bond donors (Lipinski definition) is 3. The van der Waals surface area contributed by atoms with Gasteiger partial charge in [-0.3, -0.25) is 4.79 Å². The van der Waals surface area contributed by atoms with Gasteiger partial charge in [0, 0.05) is 6.42 Å². The van der Waals surface area contributed by atoms with Gasteiger partial charge in [0.2, 0.25) is 5.91 Å². The molecule has 0 radical (unpaired) electrons. The number of aliphatic hydroxyl groups is 2. The average Bonchev–Trinajstić information content (AvgIpc) is 3.19. The summed E-state index contributed by atoms with van der Waals surface area (Å²) < 4.78 is 0. The summed E-state index contributed by atoms with van der Waals surface area (Å²) in [6.07, 6.45) is 71.3. The van der Waals surface area contributed by atoms with Crippen LogP contribution in [0.1, 0.15) is 162 Å². The second-order valence-corrected chi connectivity index (χ2v) is 14.0. The van der Waals surface area contributed by atoms with Crippen LogP contribution in [-0.4, -0.2) is 34.9 Å². The van der Waals surface area contributed by atoms with E-state index in [9.17, 15) is 15.0 Å². The van der Waals surface area contributed by atoms with Crippen molar-refractivity contribution in [3.63, 3.8) is 0 Å². The zero-order chi connectivity index (χ0) is 40.0. The van der Waals surface area contributed by atoms with E-state index in [2.05, 4.69) is 141 Å². The van der Waals surface area contributed by atoms with Crippen LogP contribution in [-0.2, 0) is 4.79 Å². The van der Waals surface area contributed by atoms with Gasteiger partial charge in [-0.1, -0.05) is 186 Å². The molecular weight excluding hydrogens is 675 g/mol. The first-order chi connectivity index (χ1) is 27.2. The highest BCUT2D eigenvalue weighted by Gasteiger charge is 2.17. The van der Waals surface area contributed by atoms with Gasteiger partial charge >= 0.3 is 0 Å². The van der Waals surface area contributed by atoms with Gasteiger partial charge in [-0.2, -0.15) is 0 Å². The predicted molar refractivity (Wildman–Crippen MR) is 243 cm³/mol. The molecule has 2 atom stereocenters. The van der Waals surface area contributed by atoms with Crippen LogP contribution in [0.2, 0.25) is 0 Å². The Bertz CT molecular complexity index is 1180. The monoisotopic (exact) mass is 756 g/mol. The fourth-order valence-electron chi connectivity index (χ4n) is 5.54. The van der Waals surface area contributed by atoms with E-state index in [4.69, 9.17) is 0 Å². The van der Waals surface area contributed by atoms with Crippen molar-refractivity contribution in [2.75, 3.05) is 6.61 Å². The maximum absolute atomic E-state index is 12.3. The molecule has 4 nitrogen and oxygen atoms in total. The van der Waals surface area contributed by atoms with Crippen molar-refractivity contribution in [2.24, 2.45) is 0 Å². The highest BCUT2D eigenvalue weighted by atomic mass is 16.3. The molecule has 0 heterocycles. The molecule has 3 N–H and O–H groups in total. The Morgan fingerprint density at radius 3 is 1.27 bits per heavy atom. The van der Waals surface area contributed by atoms with Crippen LogP contribution in [0.25, 0.3) is 0 Å². The molecule has 0 saturated heterocycles. The van der Waals surface area contributed by atoms with Crippen LogP contribution < -0.4 is 5.32 Å². The van der Waals surface area contributed by atoms with E-state index < -0.39 is 12.1 Å². The van der Waals surface area contributed by atoms with Gasteiger partial charge in [0.25, 0.3) is 0 Å². The molecule has 0 rings (SSSR count). The van der Waals surface area contributed by atoms with Crippen molar-refractivity contribution in [3.8, 4) is 0 Å². The second-order valence-electron chi connectivity index (χ2n) is 14.0. The van der Waals surface area contributed by atoms with Crippen LogP contribution in [0.5, 0.6) is 0 Å². The van der Waals surface area contributed by atoms with Crippen molar-refractivity contribution in [1.82, 2.24) is 5.32 Å². The average molecular weight is 756 g/mol. The minimum absolute atomic E-state index is 0.103. The Balaban J connectivity index is 3.73. The Labute approximate surface area is 339 Å². The van der Waals surface area contributed by atoms with Gasteiger partial charge in [-0.15, -0.1) is 0 Å². The van der Waals surface area contributed by atoms with E-state index in [1.165, 1.54) is 38.5 Å². The summed E-state index contributed by atoms with van der Waals surface area (Å²) in [6.45, 7) is 4.11. The van der Waals surface area contributed by atoms with Crippen LogP contribution >= 0.6 is 0 Å². The summed E-state index contributed by atoms with van der Waals surface area (Å²) >= 11 is 0. The summed E-state index contributed by atoms with van der Waals surface area (Å²) in [6, 6.07) is -0.657. The summed E-state index contributed by atoms with van der Waals surface area (Å²) in [5.74, 6) is -0.103. The lowest BCUT2D eigenvalue weighted by Gasteiger charge is -2.19. The predicted octanol–water partition coefficient (Wildman–Crippen LogP) is 14.0. The number of carbonyl (C=O) groups excluding carboxylic acids is 1. The van der Waals surface area contributed by atoms with E-state index in [-0.39, 0.29) is 12.5 Å². The Morgan fingerprint density at radius 1 is 0.455 bits per heavy atom. The number of rotatable bonds is 37. The quantitative estimate of drug-likeness (QED) is 0.0437. The molecule has 0 saturated carbocycles. The maximum atomic E-state index is 12.3. The summed E-state index contributed by atoms with van der Waals surface area (Å²) in [7, 11) is 0. The van der Waals surface area contributed by atoms with Gasteiger partial charge < -0.3 is 15.5 Å². The van der Waals surface area contributed by atoms with Crippen molar-refractivity contribution in [3.05, 3.63) is 134 Å². The molecule has 0 aromatic rings. The van der Waals surface area contributed by atoms with Gasteiger partial charge in [-0.25, -0.2) is 0 Å². The molecule has 308 valence electrons. The molecule has 0 spiro atoms. The zero-order valence-corrected chi connectivity index (χ0v) is 35.1. The number of hydrogen-bond acceptors (Lipinski definition) is 3. The van der Waals surface area contributed by atoms with Crippen LogP contribution in [0.4, 0.5) is 0 Å². The molecule has 4 heteroatoms. The minimum Gasteiger partial charge on any atom is -0.394 e. The maximum Gasteiger partial charge on any atom is 0.220 e. The number of allylic oxidation sites excluding steroid dienone is 21. The summed E-state index contributed by atoms with van der Waals surface area (Å²) in [4.78, 5) is 12.3. The molecule has 0 aliphatic carbocycles. The molecule has 0 bridgehead atoms. The number of amides is 1. The van der Waals surface area contributed by atoms with E-state index in [0.29, 0.717) is 6.42 Å². The lowest BCUT2D eigenvalue weighted by Crippen LogP contribution is -2.45. The number of carbonyl (C=O) groups is 1. The third-order valence-corrected chi connectivity index (χ3v) is 8.87. The van der Waals surface area contributed by atoms with E-state index in [1.54, 1.807) is 6.08 Å². The van der Waals surface area contributed by atoms with Gasteiger partial charge in [0.05, 0.1) is 18.8 Å². The summed E-state index contributed by atoms with van der Waals surface area (Å²) in [5, 5.41) is 22.8. The first-order valence-electron chi connectivity index (χ1n) is 21.9. The zero-order valence-electron chi connectivity index (χ0n) is 35.1. The lowest BCUT2D eigenvalue weighted by atomic mass is 10.1. The van der Waals surface area contributed by atoms with E-state index in [0.717, 1.165) is 103 Å². The smallest absolute Gasteiger partial charge is 0.220 e. The molecule has 0 aromatic heterocycles. The molecule has 0 fully saturated rings. The number of aliphatic hydroxyl groups excluding tert-OH is 2. The topological polar surface area (TPSA) is 69.6 Å². The van der Waals surface area contributed by atoms with E-state index >= 15 is 0 Å². The molecule has 0 aromatic carbocycles. The fraction of sp³-hybridized carbons (Fsp3) is 0.549. The van der Waals surface area contributed by atoms with Crippen LogP contribution in [0.15, 0.2) is 134 Å².